The van der Waals surface area contributed by atoms with Crippen molar-refractivity contribution in [1.29, 1.82) is 0 Å². The first kappa shape index (κ1) is 19.2. The maximum atomic E-state index is 12.3. The zero-order chi connectivity index (χ0) is 20.3. The van der Waals surface area contributed by atoms with Gasteiger partial charge in [-0.05, 0) is 43.3 Å². The Hall–Kier alpha value is -3.61. The average Bonchev–Trinajstić information content (AvgIpc) is 2.61. The Morgan fingerprint density at radius 3 is 2.18 bits per heavy atom. The van der Waals surface area contributed by atoms with E-state index in [9.17, 15) is 14.4 Å². The van der Waals surface area contributed by atoms with Gasteiger partial charge < -0.3 is 20.1 Å². The Labute approximate surface area is 162 Å². The molecule has 1 heterocycles. The molecule has 1 aliphatic rings. The molecule has 0 radical (unpaired) electrons. The fraction of sp³-hybridized carbons (Fsp3) is 0.190. The summed E-state index contributed by atoms with van der Waals surface area (Å²) < 4.78 is 10.0. The quantitative estimate of drug-likeness (QED) is 0.480. The van der Waals surface area contributed by atoms with Gasteiger partial charge in [-0.2, -0.15) is 0 Å². The molecule has 2 aromatic carbocycles. The van der Waals surface area contributed by atoms with E-state index in [1.54, 1.807) is 36.4 Å². The lowest BCUT2D eigenvalue weighted by atomic mass is 10.1. The van der Waals surface area contributed by atoms with Crippen LogP contribution in [0.5, 0.6) is 0 Å². The lowest BCUT2D eigenvalue weighted by Crippen LogP contribution is -2.42. The topological polar surface area (TPSA) is 93.7 Å². The molecule has 2 aromatic rings. The van der Waals surface area contributed by atoms with E-state index in [0.29, 0.717) is 16.9 Å². The van der Waals surface area contributed by atoms with Crippen molar-refractivity contribution in [3.05, 3.63) is 71.4 Å². The molecule has 1 aliphatic heterocycles. The van der Waals surface area contributed by atoms with E-state index in [4.69, 9.17) is 9.47 Å². The van der Waals surface area contributed by atoms with Gasteiger partial charge in [-0.25, -0.2) is 9.59 Å². The third-order valence-corrected chi connectivity index (χ3v) is 3.92. The first-order valence-corrected chi connectivity index (χ1v) is 8.65. The summed E-state index contributed by atoms with van der Waals surface area (Å²) in [6.07, 6.45) is 1.24. The number of anilines is 2. The molecule has 1 saturated heterocycles. The van der Waals surface area contributed by atoms with Crippen molar-refractivity contribution in [3.63, 3.8) is 0 Å². The molecule has 0 bridgehead atoms. The molecule has 0 spiro atoms. The van der Waals surface area contributed by atoms with Crippen molar-refractivity contribution in [2.24, 2.45) is 0 Å². The maximum Gasteiger partial charge on any atom is 0.350 e. The number of nitrogens with one attached hydrogen (secondary N) is 2. The standard InChI is InChI=1S/C21H20N2O5/c1-13-5-4-6-14(11-13)18(24)23-16-9-7-15(8-10-16)22-12-17-19(25)27-21(2,3)28-20(17)26/h4-12,22H,1-3H3,(H,23,24). The largest absolute Gasteiger partial charge is 0.419 e. The van der Waals surface area contributed by atoms with Crippen LogP contribution in [-0.4, -0.2) is 23.6 Å². The van der Waals surface area contributed by atoms with Gasteiger partial charge in [0.15, 0.2) is 5.57 Å². The molecule has 1 fully saturated rings. The van der Waals surface area contributed by atoms with E-state index in [1.165, 1.54) is 20.0 Å². The lowest BCUT2D eigenvalue weighted by Gasteiger charge is -2.29. The molecule has 0 saturated carbocycles. The van der Waals surface area contributed by atoms with E-state index in [-0.39, 0.29) is 11.5 Å². The summed E-state index contributed by atoms with van der Waals surface area (Å²) in [5, 5.41) is 5.66. The van der Waals surface area contributed by atoms with Crippen molar-refractivity contribution in [2.75, 3.05) is 10.6 Å². The number of amides is 1. The van der Waals surface area contributed by atoms with Gasteiger partial charge in [0.25, 0.3) is 11.7 Å². The van der Waals surface area contributed by atoms with Gasteiger partial charge in [0.05, 0.1) is 0 Å². The summed E-state index contributed by atoms with van der Waals surface area (Å²) >= 11 is 0. The predicted molar refractivity (Wildman–Crippen MR) is 104 cm³/mol. The minimum Gasteiger partial charge on any atom is -0.419 e. The second-order valence-corrected chi connectivity index (χ2v) is 6.78. The molecule has 0 aromatic heterocycles. The third-order valence-electron chi connectivity index (χ3n) is 3.92. The molecule has 7 nitrogen and oxygen atoms in total. The second kappa shape index (κ2) is 7.56. The average molecular weight is 380 g/mol. The fourth-order valence-corrected chi connectivity index (χ4v) is 2.57. The molecule has 1 amide bonds. The highest BCUT2D eigenvalue weighted by Gasteiger charge is 2.38. The Bertz CT molecular complexity index is 939. The van der Waals surface area contributed by atoms with Gasteiger partial charge in [0.2, 0.25) is 0 Å². The molecule has 0 unspecified atom stereocenters. The van der Waals surface area contributed by atoms with Gasteiger partial charge in [0, 0.05) is 37.0 Å². The van der Waals surface area contributed by atoms with E-state index in [0.717, 1.165) is 5.56 Å². The maximum absolute atomic E-state index is 12.3. The first-order chi connectivity index (χ1) is 13.2. The lowest BCUT2D eigenvalue weighted by molar-refractivity contribution is -0.222. The number of hydrogen-bond donors (Lipinski definition) is 2. The smallest absolute Gasteiger partial charge is 0.350 e. The second-order valence-electron chi connectivity index (χ2n) is 6.78. The molecule has 3 rings (SSSR count). The number of cyclic esters (lactones) is 2. The van der Waals surface area contributed by atoms with Crippen molar-refractivity contribution < 1.29 is 23.9 Å². The van der Waals surface area contributed by atoms with Crippen LogP contribution in [0.25, 0.3) is 0 Å². The fourth-order valence-electron chi connectivity index (χ4n) is 2.57. The summed E-state index contributed by atoms with van der Waals surface area (Å²) in [7, 11) is 0. The van der Waals surface area contributed by atoms with Gasteiger partial charge in [-0.3, -0.25) is 4.79 Å². The molecule has 144 valence electrons. The van der Waals surface area contributed by atoms with Crippen LogP contribution in [0.4, 0.5) is 11.4 Å². The Morgan fingerprint density at radius 2 is 1.57 bits per heavy atom. The van der Waals surface area contributed by atoms with E-state index in [2.05, 4.69) is 10.6 Å². The summed E-state index contributed by atoms with van der Waals surface area (Å²) in [5.74, 6) is -2.99. The van der Waals surface area contributed by atoms with Crippen LogP contribution in [0, 0.1) is 6.92 Å². The third kappa shape index (κ3) is 4.56. The van der Waals surface area contributed by atoms with Crippen molar-refractivity contribution in [3.8, 4) is 0 Å². The van der Waals surface area contributed by atoms with Crippen molar-refractivity contribution in [1.82, 2.24) is 0 Å². The molecular weight excluding hydrogens is 360 g/mol. The summed E-state index contributed by atoms with van der Waals surface area (Å²) in [6, 6.07) is 14.1. The van der Waals surface area contributed by atoms with Crippen LogP contribution in [-0.2, 0) is 19.1 Å². The highest BCUT2D eigenvalue weighted by Crippen LogP contribution is 2.23. The molecular formula is C21H20N2O5. The van der Waals surface area contributed by atoms with E-state index in [1.807, 2.05) is 19.1 Å². The summed E-state index contributed by atoms with van der Waals surface area (Å²) in [4.78, 5) is 36.1. The molecule has 0 aliphatic carbocycles. The summed E-state index contributed by atoms with van der Waals surface area (Å²) in [6.45, 7) is 4.89. The van der Waals surface area contributed by atoms with Gasteiger partial charge >= 0.3 is 11.9 Å². The van der Waals surface area contributed by atoms with Crippen LogP contribution in [0.2, 0.25) is 0 Å². The molecule has 2 N–H and O–H groups in total. The van der Waals surface area contributed by atoms with E-state index >= 15 is 0 Å². The molecule has 28 heavy (non-hydrogen) atoms. The van der Waals surface area contributed by atoms with Crippen LogP contribution in [0.1, 0.15) is 29.8 Å². The Balaban J connectivity index is 1.64. The molecule has 7 heteroatoms. The number of aryl methyl sites for hydroxylation is 1. The van der Waals surface area contributed by atoms with Crippen LogP contribution in [0.15, 0.2) is 60.3 Å². The van der Waals surface area contributed by atoms with Gasteiger partial charge in [-0.15, -0.1) is 0 Å². The van der Waals surface area contributed by atoms with Crippen LogP contribution < -0.4 is 10.6 Å². The number of benzene rings is 2. The van der Waals surface area contributed by atoms with Gasteiger partial charge in [-0.1, -0.05) is 17.7 Å². The SMILES string of the molecule is Cc1cccc(C(=O)Nc2ccc(NC=C3C(=O)OC(C)(C)OC3=O)cc2)c1. The van der Waals surface area contributed by atoms with Crippen molar-refractivity contribution >= 4 is 29.2 Å². The zero-order valence-corrected chi connectivity index (χ0v) is 15.7. The Kier molecular flexibility index (Phi) is 5.17. The minimum absolute atomic E-state index is 0.207. The highest BCUT2D eigenvalue weighted by atomic mass is 16.7. The van der Waals surface area contributed by atoms with Crippen LogP contribution in [0.3, 0.4) is 0 Å². The number of ether oxygens (including phenoxy) is 2. The first-order valence-electron chi connectivity index (χ1n) is 8.65. The van der Waals surface area contributed by atoms with E-state index < -0.39 is 17.7 Å². The van der Waals surface area contributed by atoms with Crippen molar-refractivity contribution in [2.45, 2.75) is 26.6 Å². The number of carbonyl (C=O) groups is 3. The van der Waals surface area contributed by atoms with Crippen LogP contribution >= 0.6 is 0 Å². The number of rotatable bonds is 4. The monoisotopic (exact) mass is 380 g/mol. The Morgan fingerprint density at radius 1 is 0.964 bits per heavy atom. The normalized spacial score (nSPS) is 15.3. The summed E-state index contributed by atoms with van der Waals surface area (Å²) in [5.41, 5.74) is 2.58. The number of esters is 2. The molecule has 0 atom stereocenters. The zero-order valence-electron chi connectivity index (χ0n) is 15.7. The predicted octanol–water partition coefficient (Wildman–Crippen LogP) is 3.38. The highest BCUT2D eigenvalue weighted by molar-refractivity contribution is 6.15. The number of hydrogen-bond acceptors (Lipinski definition) is 6. The van der Waals surface area contributed by atoms with Gasteiger partial charge in [0.1, 0.15) is 0 Å². The number of carbonyl (C=O) groups excluding carboxylic acids is 3. The minimum atomic E-state index is -1.28.